The topological polar surface area (TPSA) is 12.0 Å². The zero-order valence-corrected chi connectivity index (χ0v) is 13.3. The van der Waals surface area contributed by atoms with Crippen LogP contribution >= 0.6 is 15.9 Å². The van der Waals surface area contributed by atoms with Gasteiger partial charge in [-0.05, 0) is 48.4 Å². The first-order chi connectivity index (χ1) is 9.06. The zero-order valence-electron chi connectivity index (χ0n) is 11.8. The fourth-order valence-corrected chi connectivity index (χ4v) is 3.34. The molecule has 2 atom stereocenters. The van der Waals surface area contributed by atoms with Crippen molar-refractivity contribution >= 4 is 15.9 Å². The Kier molecular flexibility index (Phi) is 5.40. The highest BCUT2D eigenvalue weighted by atomic mass is 79.9. The highest BCUT2D eigenvalue weighted by Gasteiger charge is 2.23. The van der Waals surface area contributed by atoms with E-state index < -0.39 is 0 Å². The normalized spacial score (nSPS) is 23.8. The lowest BCUT2D eigenvalue weighted by molar-refractivity contribution is 0.230. The van der Waals surface area contributed by atoms with Crippen LogP contribution in [-0.2, 0) is 6.54 Å². The first-order valence-corrected chi connectivity index (χ1v) is 8.03. The summed E-state index contributed by atoms with van der Waals surface area (Å²) >= 11 is 3.48. The zero-order chi connectivity index (χ0) is 13.8. The fourth-order valence-electron chi connectivity index (χ4n) is 2.95. The van der Waals surface area contributed by atoms with Gasteiger partial charge in [0, 0.05) is 17.1 Å². The molecule has 1 aliphatic rings. The average molecular weight is 328 g/mol. The Morgan fingerprint density at radius 1 is 1.37 bits per heavy atom. The standard InChI is InChI=1S/C16H23BrFN/c1-11(2)12-4-3-5-15(9-12)19-10-13-8-14(18)6-7-16(13)17/h6-8,11-12,15,19H,3-5,9-10H2,1-2H3. The Hall–Kier alpha value is -0.410. The summed E-state index contributed by atoms with van der Waals surface area (Å²) in [6, 6.07) is 5.46. The van der Waals surface area contributed by atoms with Crippen molar-refractivity contribution in [1.82, 2.24) is 5.32 Å². The van der Waals surface area contributed by atoms with E-state index in [1.165, 1.54) is 31.7 Å². The molecule has 1 fully saturated rings. The van der Waals surface area contributed by atoms with Gasteiger partial charge in [-0.1, -0.05) is 42.6 Å². The molecule has 19 heavy (non-hydrogen) atoms. The van der Waals surface area contributed by atoms with E-state index >= 15 is 0 Å². The van der Waals surface area contributed by atoms with Gasteiger partial charge in [-0.15, -0.1) is 0 Å². The SMILES string of the molecule is CC(C)C1CCCC(NCc2cc(F)ccc2Br)C1. The van der Waals surface area contributed by atoms with E-state index in [2.05, 4.69) is 35.1 Å². The smallest absolute Gasteiger partial charge is 0.123 e. The van der Waals surface area contributed by atoms with Gasteiger partial charge in [0.2, 0.25) is 0 Å². The molecular formula is C16H23BrFN. The quantitative estimate of drug-likeness (QED) is 0.829. The van der Waals surface area contributed by atoms with E-state index in [-0.39, 0.29) is 5.82 Å². The van der Waals surface area contributed by atoms with Gasteiger partial charge in [-0.3, -0.25) is 0 Å². The molecule has 0 amide bonds. The molecule has 1 N–H and O–H groups in total. The lowest BCUT2D eigenvalue weighted by Gasteiger charge is -2.32. The molecule has 0 heterocycles. The lowest BCUT2D eigenvalue weighted by Crippen LogP contribution is -2.35. The Bertz CT molecular complexity index is 419. The molecule has 2 unspecified atom stereocenters. The highest BCUT2D eigenvalue weighted by molar-refractivity contribution is 9.10. The molecule has 0 aromatic heterocycles. The molecule has 0 bridgehead atoms. The molecular weight excluding hydrogens is 305 g/mol. The predicted octanol–water partition coefficient (Wildman–Crippen LogP) is 4.89. The lowest BCUT2D eigenvalue weighted by atomic mass is 9.79. The van der Waals surface area contributed by atoms with Crippen molar-refractivity contribution in [2.45, 2.75) is 52.1 Å². The summed E-state index contributed by atoms with van der Waals surface area (Å²) in [7, 11) is 0. The van der Waals surface area contributed by atoms with Crippen molar-refractivity contribution in [3.8, 4) is 0 Å². The van der Waals surface area contributed by atoms with E-state index in [0.29, 0.717) is 6.04 Å². The third-order valence-electron chi connectivity index (χ3n) is 4.25. The third kappa shape index (κ3) is 4.28. The Morgan fingerprint density at radius 2 is 2.16 bits per heavy atom. The summed E-state index contributed by atoms with van der Waals surface area (Å²) < 4.78 is 14.2. The van der Waals surface area contributed by atoms with Gasteiger partial charge in [0.25, 0.3) is 0 Å². The monoisotopic (exact) mass is 327 g/mol. The van der Waals surface area contributed by atoms with E-state index in [0.717, 1.165) is 28.4 Å². The van der Waals surface area contributed by atoms with Crippen molar-refractivity contribution in [2.24, 2.45) is 11.8 Å². The van der Waals surface area contributed by atoms with E-state index in [1.54, 1.807) is 12.1 Å². The molecule has 0 aliphatic heterocycles. The second-order valence-corrected chi connectivity index (χ2v) is 6.84. The van der Waals surface area contributed by atoms with Crippen LogP contribution in [0.3, 0.4) is 0 Å². The van der Waals surface area contributed by atoms with Crippen molar-refractivity contribution in [3.63, 3.8) is 0 Å². The number of hydrogen-bond donors (Lipinski definition) is 1. The van der Waals surface area contributed by atoms with Crippen LogP contribution in [0.2, 0.25) is 0 Å². The molecule has 1 aromatic rings. The van der Waals surface area contributed by atoms with Crippen LogP contribution in [0, 0.1) is 17.7 Å². The molecule has 0 radical (unpaired) electrons. The summed E-state index contributed by atoms with van der Waals surface area (Å²) in [5.41, 5.74) is 1.01. The van der Waals surface area contributed by atoms with Gasteiger partial charge < -0.3 is 5.32 Å². The highest BCUT2D eigenvalue weighted by Crippen LogP contribution is 2.30. The predicted molar refractivity (Wildman–Crippen MR) is 81.5 cm³/mol. The van der Waals surface area contributed by atoms with Crippen molar-refractivity contribution in [3.05, 3.63) is 34.1 Å². The van der Waals surface area contributed by atoms with Gasteiger partial charge >= 0.3 is 0 Å². The minimum Gasteiger partial charge on any atom is -0.310 e. The molecule has 106 valence electrons. The fraction of sp³-hybridized carbons (Fsp3) is 0.625. The maximum absolute atomic E-state index is 13.2. The van der Waals surface area contributed by atoms with Crippen molar-refractivity contribution in [1.29, 1.82) is 0 Å². The van der Waals surface area contributed by atoms with Crippen LogP contribution in [0.4, 0.5) is 4.39 Å². The second kappa shape index (κ2) is 6.85. The van der Waals surface area contributed by atoms with Crippen LogP contribution < -0.4 is 5.32 Å². The van der Waals surface area contributed by atoms with Gasteiger partial charge in [0.05, 0.1) is 0 Å². The summed E-state index contributed by atoms with van der Waals surface area (Å²) in [6.07, 6.45) is 5.17. The summed E-state index contributed by atoms with van der Waals surface area (Å²) in [6.45, 7) is 5.38. The summed E-state index contributed by atoms with van der Waals surface area (Å²) in [4.78, 5) is 0. The van der Waals surface area contributed by atoms with Gasteiger partial charge in [0.15, 0.2) is 0 Å². The van der Waals surface area contributed by atoms with Crippen LogP contribution in [0.25, 0.3) is 0 Å². The first-order valence-electron chi connectivity index (χ1n) is 7.23. The van der Waals surface area contributed by atoms with Crippen molar-refractivity contribution in [2.75, 3.05) is 0 Å². The molecule has 1 aromatic carbocycles. The number of hydrogen-bond acceptors (Lipinski definition) is 1. The number of nitrogens with one attached hydrogen (secondary N) is 1. The van der Waals surface area contributed by atoms with Gasteiger partial charge in [-0.25, -0.2) is 4.39 Å². The average Bonchev–Trinajstić information content (AvgIpc) is 2.40. The first kappa shape index (κ1) is 15.0. The Morgan fingerprint density at radius 3 is 2.89 bits per heavy atom. The molecule has 2 rings (SSSR count). The van der Waals surface area contributed by atoms with E-state index in [9.17, 15) is 4.39 Å². The summed E-state index contributed by atoms with van der Waals surface area (Å²) in [5, 5.41) is 3.59. The number of benzene rings is 1. The minimum absolute atomic E-state index is 0.163. The summed E-state index contributed by atoms with van der Waals surface area (Å²) in [5.74, 6) is 1.44. The number of rotatable bonds is 4. The van der Waals surface area contributed by atoms with Crippen LogP contribution in [0.15, 0.2) is 22.7 Å². The Balaban J connectivity index is 1.89. The maximum Gasteiger partial charge on any atom is 0.123 e. The number of halogens is 2. The molecule has 1 saturated carbocycles. The largest absolute Gasteiger partial charge is 0.310 e. The van der Waals surface area contributed by atoms with E-state index in [4.69, 9.17) is 0 Å². The minimum atomic E-state index is -0.163. The molecule has 1 aliphatic carbocycles. The van der Waals surface area contributed by atoms with E-state index in [1.807, 2.05) is 0 Å². The molecule has 1 nitrogen and oxygen atoms in total. The molecule has 0 spiro atoms. The van der Waals surface area contributed by atoms with Crippen molar-refractivity contribution < 1.29 is 4.39 Å². The molecule has 0 saturated heterocycles. The second-order valence-electron chi connectivity index (χ2n) is 5.98. The van der Waals surface area contributed by atoms with Crippen LogP contribution in [-0.4, -0.2) is 6.04 Å². The van der Waals surface area contributed by atoms with Crippen LogP contribution in [0.5, 0.6) is 0 Å². The molecule has 3 heteroatoms. The van der Waals surface area contributed by atoms with Gasteiger partial charge in [0.1, 0.15) is 5.82 Å². The third-order valence-corrected chi connectivity index (χ3v) is 5.02. The maximum atomic E-state index is 13.2. The Labute approximate surface area is 124 Å². The van der Waals surface area contributed by atoms with Crippen LogP contribution in [0.1, 0.15) is 45.1 Å². The van der Waals surface area contributed by atoms with Gasteiger partial charge in [-0.2, -0.15) is 0 Å².